The van der Waals surface area contributed by atoms with Crippen molar-refractivity contribution in [3.05, 3.63) is 66.6 Å². The van der Waals surface area contributed by atoms with Crippen LogP contribution < -0.4 is 15.1 Å². The second-order valence-corrected chi connectivity index (χ2v) is 8.75. The van der Waals surface area contributed by atoms with Crippen LogP contribution in [0, 0.1) is 0 Å². The summed E-state index contributed by atoms with van der Waals surface area (Å²) in [5, 5.41) is 3.78. The number of hydrogen-bond acceptors (Lipinski definition) is 7. The zero-order chi connectivity index (χ0) is 22.6. The zero-order valence-electron chi connectivity index (χ0n) is 17.9. The molecule has 0 aliphatic carbocycles. The molecule has 9 nitrogen and oxygen atoms in total. The fraction of sp³-hybridized carbons (Fsp3) is 0.261. The highest BCUT2D eigenvalue weighted by Crippen LogP contribution is 2.32. The summed E-state index contributed by atoms with van der Waals surface area (Å²) in [6.07, 6.45) is 5.17. The quantitative estimate of drug-likeness (QED) is 0.641. The number of benzene rings is 1. The standard InChI is InChI=1S/C23H23N7O2S/c31-21(28-10-12-29(13-11-28)22-25-8-3-9-26-22)17-4-1-5-18(16-17)27-23(32)30-14-15-33-20-19(30)6-2-7-24-20/h1-9,16H,10-15H2,(H,27,32). The van der Waals surface area contributed by atoms with Crippen molar-refractivity contribution in [1.82, 2.24) is 19.9 Å². The number of aromatic nitrogens is 3. The van der Waals surface area contributed by atoms with Gasteiger partial charge in [-0.25, -0.2) is 19.7 Å². The van der Waals surface area contributed by atoms with Crippen LogP contribution in [0.25, 0.3) is 0 Å². The Morgan fingerprint density at radius 1 is 0.879 bits per heavy atom. The van der Waals surface area contributed by atoms with Gasteiger partial charge in [0.2, 0.25) is 5.95 Å². The Balaban J connectivity index is 1.23. The first-order chi connectivity index (χ1) is 16.2. The number of carbonyl (C=O) groups is 2. The van der Waals surface area contributed by atoms with Gasteiger partial charge >= 0.3 is 6.03 Å². The first-order valence-electron chi connectivity index (χ1n) is 10.8. The first-order valence-corrected chi connectivity index (χ1v) is 11.8. The smallest absolute Gasteiger partial charge is 0.326 e. The van der Waals surface area contributed by atoms with Crippen LogP contribution in [-0.4, -0.2) is 70.3 Å². The molecule has 1 saturated heterocycles. The molecule has 168 valence electrons. The Bertz CT molecular complexity index is 1150. The Morgan fingerprint density at radius 2 is 1.67 bits per heavy atom. The summed E-state index contributed by atoms with van der Waals surface area (Å²) in [6, 6.07) is 12.4. The Hall–Kier alpha value is -3.66. The highest BCUT2D eigenvalue weighted by atomic mass is 32.2. The number of pyridine rings is 1. The molecule has 1 fully saturated rings. The van der Waals surface area contributed by atoms with Crippen LogP contribution in [0.2, 0.25) is 0 Å². The fourth-order valence-electron chi connectivity index (χ4n) is 3.93. The predicted octanol–water partition coefficient (Wildman–Crippen LogP) is 2.98. The van der Waals surface area contributed by atoms with Crippen molar-refractivity contribution in [3.8, 4) is 0 Å². The van der Waals surface area contributed by atoms with E-state index >= 15 is 0 Å². The third-order valence-corrected chi connectivity index (χ3v) is 6.58. The van der Waals surface area contributed by atoms with Gasteiger partial charge in [-0.3, -0.25) is 9.69 Å². The first kappa shape index (κ1) is 21.2. The molecule has 0 saturated carbocycles. The number of anilines is 3. The van der Waals surface area contributed by atoms with Gasteiger partial charge in [-0.1, -0.05) is 6.07 Å². The van der Waals surface area contributed by atoms with Gasteiger partial charge in [0, 0.05) is 68.3 Å². The molecular weight excluding hydrogens is 438 g/mol. The van der Waals surface area contributed by atoms with Gasteiger partial charge < -0.3 is 15.1 Å². The van der Waals surface area contributed by atoms with Crippen LogP contribution in [-0.2, 0) is 0 Å². The van der Waals surface area contributed by atoms with Gasteiger partial charge in [-0.2, -0.15) is 0 Å². The average molecular weight is 462 g/mol. The van der Waals surface area contributed by atoms with Crippen LogP contribution in [0.1, 0.15) is 10.4 Å². The molecule has 0 bridgehead atoms. The summed E-state index contributed by atoms with van der Waals surface area (Å²) in [6.45, 7) is 3.12. The number of fused-ring (bicyclic) bond motifs is 1. The lowest BCUT2D eigenvalue weighted by molar-refractivity contribution is 0.0746. The van der Waals surface area contributed by atoms with Crippen molar-refractivity contribution in [1.29, 1.82) is 0 Å². The summed E-state index contributed by atoms with van der Waals surface area (Å²) in [5.41, 5.74) is 1.94. The topological polar surface area (TPSA) is 94.6 Å². The van der Waals surface area contributed by atoms with Gasteiger partial charge in [0.25, 0.3) is 5.91 Å². The van der Waals surface area contributed by atoms with Gasteiger partial charge in [0.1, 0.15) is 5.03 Å². The molecule has 5 rings (SSSR count). The highest BCUT2D eigenvalue weighted by molar-refractivity contribution is 7.99. The maximum atomic E-state index is 13.1. The predicted molar refractivity (Wildman–Crippen MR) is 128 cm³/mol. The molecule has 2 aliphatic rings. The van der Waals surface area contributed by atoms with E-state index in [0.717, 1.165) is 16.5 Å². The van der Waals surface area contributed by atoms with E-state index in [9.17, 15) is 9.59 Å². The van der Waals surface area contributed by atoms with Gasteiger partial charge in [-0.15, -0.1) is 11.8 Å². The molecular formula is C23H23N7O2S. The second-order valence-electron chi connectivity index (χ2n) is 7.67. The largest absolute Gasteiger partial charge is 0.337 e. The van der Waals surface area contributed by atoms with Crippen LogP contribution >= 0.6 is 11.8 Å². The number of urea groups is 1. The maximum absolute atomic E-state index is 13.1. The lowest BCUT2D eigenvalue weighted by Crippen LogP contribution is -2.49. The fourth-order valence-corrected chi connectivity index (χ4v) is 4.86. The van der Waals surface area contributed by atoms with E-state index in [1.165, 1.54) is 0 Å². The van der Waals surface area contributed by atoms with Crippen molar-refractivity contribution < 1.29 is 9.59 Å². The SMILES string of the molecule is O=C(c1cccc(NC(=O)N2CCSc3ncccc32)c1)N1CCN(c2ncccn2)CC1. The van der Waals surface area contributed by atoms with Crippen molar-refractivity contribution in [2.24, 2.45) is 0 Å². The Labute approximate surface area is 195 Å². The summed E-state index contributed by atoms with van der Waals surface area (Å²) >= 11 is 1.64. The molecule has 4 heterocycles. The van der Waals surface area contributed by atoms with Crippen molar-refractivity contribution in [2.45, 2.75) is 5.03 Å². The molecule has 2 aliphatic heterocycles. The van der Waals surface area contributed by atoms with Crippen LogP contribution in [0.4, 0.5) is 22.1 Å². The number of rotatable bonds is 3. The number of carbonyl (C=O) groups excluding carboxylic acids is 2. The summed E-state index contributed by atoms with van der Waals surface area (Å²) in [7, 11) is 0. The van der Waals surface area contributed by atoms with Crippen molar-refractivity contribution in [2.75, 3.05) is 53.6 Å². The minimum atomic E-state index is -0.231. The monoisotopic (exact) mass is 461 g/mol. The third-order valence-electron chi connectivity index (χ3n) is 5.60. The number of amides is 3. The number of nitrogens with one attached hydrogen (secondary N) is 1. The average Bonchev–Trinajstić information content (AvgIpc) is 2.88. The van der Waals surface area contributed by atoms with Gasteiger partial charge in [0.15, 0.2) is 0 Å². The second kappa shape index (κ2) is 9.45. The minimum absolute atomic E-state index is 0.0522. The number of nitrogens with zero attached hydrogens (tertiary/aromatic N) is 6. The van der Waals surface area contributed by atoms with Gasteiger partial charge in [0.05, 0.1) is 5.69 Å². The Morgan fingerprint density at radius 3 is 2.48 bits per heavy atom. The van der Waals surface area contributed by atoms with E-state index in [-0.39, 0.29) is 11.9 Å². The number of thioether (sulfide) groups is 1. The molecule has 10 heteroatoms. The highest BCUT2D eigenvalue weighted by Gasteiger charge is 2.25. The molecule has 3 amide bonds. The zero-order valence-corrected chi connectivity index (χ0v) is 18.7. The van der Waals surface area contributed by atoms with Crippen molar-refractivity contribution >= 4 is 41.0 Å². The maximum Gasteiger partial charge on any atom is 0.326 e. The van der Waals surface area contributed by atoms with E-state index in [0.29, 0.717) is 49.9 Å². The molecule has 2 aromatic heterocycles. The van der Waals surface area contributed by atoms with E-state index in [1.54, 1.807) is 65.6 Å². The Kier molecular flexibility index (Phi) is 6.07. The third kappa shape index (κ3) is 4.61. The van der Waals surface area contributed by atoms with Crippen LogP contribution in [0.3, 0.4) is 0 Å². The van der Waals surface area contributed by atoms with E-state index < -0.39 is 0 Å². The number of hydrogen-bond donors (Lipinski definition) is 1. The lowest BCUT2D eigenvalue weighted by atomic mass is 10.1. The van der Waals surface area contributed by atoms with Crippen molar-refractivity contribution in [3.63, 3.8) is 0 Å². The number of piperazine rings is 1. The van der Waals surface area contributed by atoms with Gasteiger partial charge in [-0.05, 0) is 36.4 Å². The summed E-state index contributed by atoms with van der Waals surface area (Å²) in [5.74, 6) is 1.42. The molecule has 33 heavy (non-hydrogen) atoms. The van der Waals surface area contributed by atoms with E-state index in [1.807, 2.05) is 17.0 Å². The molecule has 1 N–H and O–H groups in total. The van der Waals surface area contributed by atoms with Crippen LogP contribution in [0.5, 0.6) is 0 Å². The summed E-state index contributed by atoms with van der Waals surface area (Å²) < 4.78 is 0. The summed E-state index contributed by atoms with van der Waals surface area (Å²) in [4.78, 5) is 44.5. The molecule has 0 radical (unpaired) electrons. The molecule has 0 atom stereocenters. The molecule has 3 aromatic rings. The normalized spacial score (nSPS) is 15.7. The lowest BCUT2D eigenvalue weighted by Gasteiger charge is -2.34. The minimum Gasteiger partial charge on any atom is -0.337 e. The molecule has 0 spiro atoms. The molecule has 1 aromatic carbocycles. The van der Waals surface area contributed by atoms with E-state index in [4.69, 9.17) is 0 Å². The molecule has 0 unspecified atom stereocenters. The van der Waals surface area contributed by atoms with Crippen LogP contribution in [0.15, 0.2) is 66.1 Å². The van der Waals surface area contributed by atoms with E-state index in [2.05, 4.69) is 25.2 Å².